The third kappa shape index (κ3) is 3.93. The Labute approximate surface area is 107 Å². The lowest BCUT2D eigenvalue weighted by Crippen LogP contribution is -2.34. The highest BCUT2D eigenvalue weighted by Crippen LogP contribution is 2.18. The fourth-order valence-corrected chi connectivity index (χ4v) is 1.91. The highest BCUT2D eigenvalue weighted by molar-refractivity contribution is 6.31. The summed E-state index contributed by atoms with van der Waals surface area (Å²) < 4.78 is 0. The van der Waals surface area contributed by atoms with Gasteiger partial charge < -0.3 is 11.1 Å². The largest absolute Gasteiger partial charge is 0.398 e. The Morgan fingerprint density at radius 2 is 2.18 bits per heavy atom. The zero-order valence-corrected chi connectivity index (χ0v) is 11.1. The number of hydrogen-bond donors (Lipinski definition) is 2. The number of carbonyl (C=O) groups is 1. The maximum atomic E-state index is 12.0. The molecule has 0 aliphatic heterocycles. The van der Waals surface area contributed by atoms with Crippen molar-refractivity contribution in [1.82, 2.24) is 5.32 Å². The van der Waals surface area contributed by atoms with Crippen molar-refractivity contribution in [2.45, 2.75) is 39.2 Å². The standard InChI is InChI=1S/C13H19ClN2O/c1-3-5-10(4-2)16-13(17)11-7-6-9(14)8-12(11)15/h6-8,10H,3-5,15H2,1-2H3,(H,16,17). The molecule has 3 nitrogen and oxygen atoms in total. The van der Waals surface area contributed by atoms with E-state index in [1.807, 2.05) is 0 Å². The lowest BCUT2D eigenvalue weighted by molar-refractivity contribution is 0.0934. The average Bonchev–Trinajstić information content (AvgIpc) is 2.28. The Balaban J connectivity index is 2.75. The number of nitrogens with two attached hydrogens (primary N) is 1. The third-order valence-electron chi connectivity index (χ3n) is 2.72. The van der Waals surface area contributed by atoms with E-state index in [-0.39, 0.29) is 11.9 Å². The van der Waals surface area contributed by atoms with Crippen molar-refractivity contribution in [3.05, 3.63) is 28.8 Å². The molecule has 0 aliphatic carbocycles. The summed E-state index contributed by atoms with van der Waals surface area (Å²) in [6, 6.07) is 5.14. The molecule has 0 bridgehead atoms. The van der Waals surface area contributed by atoms with Crippen LogP contribution in [0.15, 0.2) is 18.2 Å². The predicted molar refractivity (Wildman–Crippen MR) is 72.3 cm³/mol. The number of benzene rings is 1. The van der Waals surface area contributed by atoms with Crippen molar-refractivity contribution >= 4 is 23.2 Å². The maximum Gasteiger partial charge on any atom is 0.253 e. The topological polar surface area (TPSA) is 55.1 Å². The van der Waals surface area contributed by atoms with Crippen LogP contribution in [0.3, 0.4) is 0 Å². The molecule has 4 heteroatoms. The lowest BCUT2D eigenvalue weighted by atomic mass is 10.1. The van der Waals surface area contributed by atoms with E-state index in [2.05, 4.69) is 19.2 Å². The minimum absolute atomic E-state index is 0.125. The van der Waals surface area contributed by atoms with E-state index in [0.29, 0.717) is 16.3 Å². The van der Waals surface area contributed by atoms with Gasteiger partial charge in [-0.05, 0) is 31.0 Å². The van der Waals surface area contributed by atoms with Gasteiger partial charge in [-0.3, -0.25) is 4.79 Å². The van der Waals surface area contributed by atoms with E-state index < -0.39 is 0 Å². The van der Waals surface area contributed by atoms with Gasteiger partial charge in [0, 0.05) is 16.8 Å². The van der Waals surface area contributed by atoms with Crippen LogP contribution >= 0.6 is 11.6 Å². The van der Waals surface area contributed by atoms with Crippen molar-refractivity contribution in [2.75, 3.05) is 5.73 Å². The molecule has 0 aliphatic rings. The summed E-state index contributed by atoms with van der Waals surface area (Å²) >= 11 is 5.79. The molecule has 1 rings (SSSR count). The molecule has 1 atom stereocenters. The molecule has 0 spiro atoms. The van der Waals surface area contributed by atoms with Gasteiger partial charge in [0.25, 0.3) is 5.91 Å². The fraction of sp³-hybridized carbons (Fsp3) is 0.462. The quantitative estimate of drug-likeness (QED) is 0.793. The summed E-state index contributed by atoms with van der Waals surface area (Å²) in [6.07, 6.45) is 2.96. The van der Waals surface area contributed by atoms with E-state index in [4.69, 9.17) is 17.3 Å². The van der Waals surface area contributed by atoms with E-state index in [1.165, 1.54) is 0 Å². The number of nitrogens with one attached hydrogen (secondary N) is 1. The van der Waals surface area contributed by atoms with E-state index >= 15 is 0 Å². The second-order valence-corrected chi connectivity index (χ2v) is 4.54. The van der Waals surface area contributed by atoms with Crippen molar-refractivity contribution in [1.29, 1.82) is 0 Å². The van der Waals surface area contributed by atoms with E-state index in [0.717, 1.165) is 19.3 Å². The summed E-state index contributed by atoms with van der Waals surface area (Å²) in [4.78, 5) is 12.0. The van der Waals surface area contributed by atoms with Gasteiger partial charge in [-0.1, -0.05) is 31.9 Å². The summed E-state index contributed by atoms with van der Waals surface area (Å²) in [7, 11) is 0. The second kappa shape index (κ2) is 6.50. The molecule has 1 unspecified atom stereocenters. The zero-order valence-electron chi connectivity index (χ0n) is 10.3. The number of amides is 1. The van der Waals surface area contributed by atoms with Crippen LogP contribution in [0.5, 0.6) is 0 Å². The van der Waals surface area contributed by atoms with Crippen LogP contribution in [0.25, 0.3) is 0 Å². The van der Waals surface area contributed by atoms with Gasteiger partial charge in [0.05, 0.1) is 5.56 Å². The minimum Gasteiger partial charge on any atom is -0.398 e. The summed E-state index contributed by atoms with van der Waals surface area (Å²) in [5.74, 6) is -0.125. The van der Waals surface area contributed by atoms with Gasteiger partial charge >= 0.3 is 0 Å². The molecule has 0 saturated carbocycles. The van der Waals surface area contributed by atoms with E-state index in [1.54, 1.807) is 18.2 Å². The van der Waals surface area contributed by atoms with Crippen LogP contribution in [0, 0.1) is 0 Å². The van der Waals surface area contributed by atoms with Gasteiger partial charge in [-0.2, -0.15) is 0 Å². The normalized spacial score (nSPS) is 12.2. The van der Waals surface area contributed by atoms with Crippen molar-refractivity contribution < 1.29 is 4.79 Å². The SMILES string of the molecule is CCCC(CC)NC(=O)c1ccc(Cl)cc1N. The number of rotatable bonds is 5. The summed E-state index contributed by atoms with van der Waals surface area (Å²) in [5, 5.41) is 3.52. The van der Waals surface area contributed by atoms with Gasteiger partial charge in [0.2, 0.25) is 0 Å². The van der Waals surface area contributed by atoms with Crippen LogP contribution < -0.4 is 11.1 Å². The molecule has 1 amide bonds. The Kier molecular flexibility index (Phi) is 5.29. The Hall–Kier alpha value is -1.22. The molecule has 1 aromatic carbocycles. The molecular weight excluding hydrogens is 236 g/mol. The Bertz CT molecular complexity index is 393. The van der Waals surface area contributed by atoms with Gasteiger partial charge in [0.15, 0.2) is 0 Å². The van der Waals surface area contributed by atoms with E-state index in [9.17, 15) is 4.79 Å². The third-order valence-corrected chi connectivity index (χ3v) is 2.96. The molecule has 0 fully saturated rings. The van der Waals surface area contributed by atoms with Crippen molar-refractivity contribution in [2.24, 2.45) is 0 Å². The smallest absolute Gasteiger partial charge is 0.253 e. The van der Waals surface area contributed by atoms with Crippen LogP contribution in [0.2, 0.25) is 5.02 Å². The monoisotopic (exact) mass is 254 g/mol. The first-order valence-corrected chi connectivity index (χ1v) is 6.32. The van der Waals surface area contributed by atoms with Crippen LogP contribution in [0.4, 0.5) is 5.69 Å². The fourth-order valence-electron chi connectivity index (χ4n) is 1.73. The molecule has 17 heavy (non-hydrogen) atoms. The lowest BCUT2D eigenvalue weighted by Gasteiger charge is -2.16. The first kappa shape index (κ1) is 13.8. The molecule has 0 aromatic heterocycles. The number of hydrogen-bond acceptors (Lipinski definition) is 2. The average molecular weight is 255 g/mol. The Morgan fingerprint density at radius 1 is 1.47 bits per heavy atom. The van der Waals surface area contributed by atoms with Crippen molar-refractivity contribution in [3.8, 4) is 0 Å². The zero-order chi connectivity index (χ0) is 12.8. The van der Waals surface area contributed by atoms with Gasteiger partial charge in [-0.15, -0.1) is 0 Å². The molecule has 0 heterocycles. The molecule has 0 radical (unpaired) electrons. The number of carbonyl (C=O) groups excluding carboxylic acids is 1. The second-order valence-electron chi connectivity index (χ2n) is 4.10. The highest BCUT2D eigenvalue weighted by atomic mass is 35.5. The predicted octanol–water partition coefficient (Wildman–Crippen LogP) is 3.23. The van der Waals surface area contributed by atoms with Gasteiger partial charge in [-0.25, -0.2) is 0 Å². The first-order chi connectivity index (χ1) is 8.08. The van der Waals surface area contributed by atoms with Crippen LogP contribution in [-0.2, 0) is 0 Å². The summed E-state index contributed by atoms with van der Waals surface area (Å²) in [5.41, 5.74) is 6.68. The number of anilines is 1. The van der Waals surface area contributed by atoms with Crippen LogP contribution in [-0.4, -0.2) is 11.9 Å². The minimum atomic E-state index is -0.125. The van der Waals surface area contributed by atoms with Gasteiger partial charge in [0.1, 0.15) is 0 Å². The van der Waals surface area contributed by atoms with Crippen LogP contribution in [0.1, 0.15) is 43.5 Å². The number of nitrogen functional groups attached to an aromatic ring is 1. The highest BCUT2D eigenvalue weighted by Gasteiger charge is 2.13. The maximum absolute atomic E-state index is 12.0. The molecule has 1 aromatic rings. The van der Waals surface area contributed by atoms with Crippen molar-refractivity contribution in [3.63, 3.8) is 0 Å². The first-order valence-electron chi connectivity index (χ1n) is 5.94. The molecule has 94 valence electrons. The molecule has 0 saturated heterocycles. The molecule has 3 N–H and O–H groups in total. The summed E-state index contributed by atoms with van der Waals surface area (Å²) in [6.45, 7) is 4.16. The number of halogens is 1. The molecular formula is C13H19ClN2O. The Morgan fingerprint density at radius 3 is 2.71 bits per heavy atom.